The minimum absolute atomic E-state index is 0.390. The zero-order valence-electron chi connectivity index (χ0n) is 11.8. The van der Waals surface area contributed by atoms with Gasteiger partial charge in [0.05, 0.1) is 18.2 Å². The van der Waals surface area contributed by atoms with E-state index in [2.05, 4.69) is 29.2 Å². The van der Waals surface area contributed by atoms with E-state index in [0.717, 1.165) is 36.4 Å². The highest BCUT2D eigenvalue weighted by Gasteiger charge is 2.04. The second-order valence-electron chi connectivity index (χ2n) is 4.82. The summed E-state index contributed by atoms with van der Waals surface area (Å²) in [6.07, 6.45) is 3.25. The molecule has 0 bridgehead atoms. The van der Waals surface area contributed by atoms with Crippen molar-refractivity contribution in [1.29, 1.82) is 0 Å². The van der Waals surface area contributed by atoms with Gasteiger partial charge in [0.25, 0.3) is 0 Å². The number of halogens is 1. The molecule has 0 aliphatic carbocycles. The van der Waals surface area contributed by atoms with Gasteiger partial charge in [-0.25, -0.2) is 0 Å². The van der Waals surface area contributed by atoms with Gasteiger partial charge in [-0.15, -0.1) is 11.6 Å². The Bertz CT molecular complexity index is 528. The van der Waals surface area contributed by atoms with Gasteiger partial charge < -0.3 is 4.74 Å². The van der Waals surface area contributed by atoms with Crippen molar-refractivity contribution in [3.8, 4) is 5.75 Å². The first-order chi connectivity index (χ1) is 9.79. The van der Waals surface area contributed by atoms with E-state index in [1.54, 1.807) is 0 Å². The molecule has 0 saturated heterocycles. The van der Waals surface area contributed by atoms with E-state index in [0.29, 0.717) is 12.5 Å². The quantitative estimate of drug-likeness (QED) is 0.552. The van der Waals surface area contributed by atoms with Crippen LogP contribution in [0.5, 0.6) is 5.75 Å². The van der Waals surface area contributed by atoms with E-state index < -0.39 is 0 Å². The second kappa shape index (κ2) is 7.91. The van der Waals surface area contributed by atoms with E-state index in [1.165, 1.54) is 5.56 Å². The van der Waals surface area contributed by atoms with Crippen molar-refractivity contribution in [3.63, 3.8) is 0 Å². The van der Waals surface area contributed by atoms with E-state index >= 15 is 0 Å². The Kier molecular flexibility index (Phi) is 5.87. The van der Waals surface area contributed by atoms with Crippen molar-refractivity contribution in [2.75, 3.05) is 6.61 Å². The lowest BCUT2D eigenvalue weighted by Crippen LogP contribution is -2.02. The molecule has 20 heavy (non-hydrogen) atoms. The summed E-state index contributed by atoms with van der Waals surface area (Å²) in [4.78, 5) is 4.38. The van der Waals surface area contributed by atoms with Crippen molar-refractivity contribution in [3.05, 3.63) is 59.4 Å². The number of hydrogen-bond acceptors (Lipinski definition) is 2. The molecule has 0 unspecified atom stereocenters. The molecule has 3 heteroatoms. The van der Waals surface area contributed by atoms with Gasteiger partial charge in [-0.2, -0.15) is 0 Å². The zero-order valence-corrected chi connectivity index (χ0v) is 12.6. The van der Waals surface area contributed by atoms with Crippen molar-refractivity contribution in [2.45, 2.75) is 32.1 Å². The fraction of sp³-hybridized carbons (Fsp3) is 0.353. The van der Waals surface area contributed by atoms with Crippen LogP contribution in [0.1, 0.15) is 29.8 Å². The molecule has 0 radical (unpaired) electrons. The Morgan fingerprint density at radius 3 is 2.60 bits per heavy atom. The summed E-state index contributed by atoms with van der Waals surface area (Å²) < 4.78 is 5.77. The summed E-state index contributed by atoms with van der Waals surface area (Å²) in [6.45, 7) is 2.67. The molecule has 1 heterocycles. The summed E-state index contributed by atoms with van der Waals surface area (Å²) in [5.74, 6) is 1.20. The minimum Gasteiger partial charge on any atom is -0.492 e. The van der Waals surface area contributed by atoms with Gasteiger partial charge in [-0.3, -0.25) is 4.98 Å². The first-order valence-corrected chi connectivity index (χ1v) is 7.52. The highest BCUT2D eigenvalue weighted by molar-refractivity contribution is 6.17. The SMILES string of the molecule is Cc1ccc(OCCCCc2ccccc2)c(CCl)n1. The number of nitrogens with zero attached hydrogens (tertiary/aromatic N) is 1. The molecule has 2 aromatic rings. The number of unbranched alkanes of at least 4 members (excludes halogenated alkanes) is 1. The van der Waals surface area contributed by atoms with Crippen LogP contribution in [0.4, 0.5) is 0 Å². The molecule has 0 N–H and O–H groups in total. The normalized spacial score (nSPS) is 10.5. The molecule has 0 fully saturated rings. The molecule has 0 aliphatic rings. The Morgan fingerprint density at radius 1 is 1.05 bits per heavy atom. The van der Waals surface area contributed by atoms with Crippen LogP contribution in [0.3, 0.4) is 0 Å². The molecule has 0 saturated carbocycles. The number of rotatable bonds is 7. The van der Waals surface area contributed by atoms with E-state index in [-0.39, 0.29) is 0 Å². The van der Waals surface area contributed by atoms with Crippen LogP contribution in [0.25, 0.3) is 0 Å². The Hall–Kier alpha value is -1.54. The zero-order chi connectivity index (χ0) is 14.2. The predicted octanol–water partition coefficient (Wildman–Crippen LogP) is 4.53. The van der Waals surface area contributed by atoms with Gasteiger partial charge in [-0.1, -0.05) is 30.3 Å². The molecular formula is C17H20ClNO. The molecule has 0 spiro atoms. The first kappa shape index (κ1) is 14.9. The lowest BCUT2D eigenvalue weighted by Gasteiger charge is -2.10. The number of benzene rings is 1. The summed E-state index contributed by atoms with van der Waals surface area (Å²) in [7, 11) is 0. The van der Waals surface area contributed by atoms with Crippen molar-refractivity contribution in [1.82, 2.24) is 4.98 Å². The van der Waals surface area contributed by atoms with Gasteiger partial charge in [-0.05, 0) is 43.9 Å². The van der Waals surface area contributed by atoms with Gasteiger partial charge in [0, 0.05) is 5.69 Å². The molecule has 1 aromatic heterocycles. The molecule has 2 nitrogen and oxygen atoms in total. The van der Waals surface area contributed by atoms with Gasteiger partial charge in [0.15, 0.2) is 0 Å². The van der Waals surface area contributed by atoms with Crippen molar-refractivity contribution in [2.24, 2.45) is 0 Å². The summed E-state index contributed by atoms with van der Waals surface area (Å²) in [6, 6.07) is 14.4. The number of pyridine rings is 1. The topological polar surface area (TPSA) is 22.1 Å². The average molecular weight is 290 g/mol. The standard InChI is InChI=1S/C17H20ClNO/c1-14-10-11-17(16(13-18)19-14)20-12-6-5-9-15-7-3-2-4-8-15/h2-4,7-8,10-11H,5-6,9,12-13H2,1H3. The van der Waals surface area contributed by atoms with Gasteiger partial charge in [0.2, 0.25) is 0 Å². The first-order valence-electron chi connectivity index (χ1n) is 6.99. The van der Waals surface area contributed by atoms with Crippen LogP contribution in [0.2, 0.25) is 0 Å². The maximum Gasteiger partial charge on any atom is 0.142 e. The highest BCUT2D eigenvalue weighted by Crippen LogP contribution is 2.19. The third kappa shape index (κ3) is 4.53. The smallest absolute Gasteiger partial charge is 0.142 e. The van der Waals surface area contributed by atoms with Crippen LogP contribution >= 0.6 is 11.6 Å². The predicted molar refractivity (Wildman–Crippen MR) is 83.4 cm³/mol. The largest absolute Gasteiger partial charge is 0.492 e. The van der Waals surface area contributed by atoms with E-state index in [4.69, 9.17) is 16.3 Å². The van der Waals surface area contributed by atoms with Gasteiger partial charge in [0.1, 0.15) is 5.75 Å². The van der Waals surface area contributed by atoms with Crippen LogP contribution in [-0.2, 0) is 12.3 Å². The van der Waals surface area contributed by atoms with Crippen molar-refractivity contribution >= 4 is 11.6 Å². The molecule has 106 valence electrons. The Labute approximate surface area is 125 Å². The maximum absolute atomic E-state index is 5.88. The lowest BCUT2D eigenvalue weighted by atomic mass is 10.1. The second-order valence-corrected chi connectivity index (χ2v) is 5.09. The number of aromatic nitrogens is 1. The number of aryl methyl sites for hydroxylation is 2. The number of hydrogen-bond donors (Lipinski definition) is 0. The lowest BCUT2D eigenvalue weighted by molar-refractivity contribution is 0.303. The van der Waals surface area contributed by atoms with Crippen LogP contribution in [-0.4, -0.2) is 11.6 Å². The summed E-state index contributed by atoms with van der Waals surface area (Å²) in [5, 5.41) is 0. The van der Waals surface area contributed by atoms with E-state index in [9.17, 15) is 0 Å². The van der Waals surface area contributed by atoms with Crippen molar-refractivity contribution < 1.29 is 4.74 Å². The maximum atomic E-state index is 5.88. The fourth-order valence-electron chi connectivity index (χ4n) is 2.08. The third-order valence-corrected chi connectivity index (χ3v) is 3.41. The van der Waals surface area contributed by atoms with Gasteiger partial charge >= 0.3 is 0 Å². The van der Waals surface area contributed by atoms with Crippen LogP contribution in [0, 0.1) is 6.92 Å². The third-order valence-electron chi connectivity index (χ3n) is 3.16. The minimum atomic E-state index is 0.390. The highest BCUT2D eigenvalue weighted by atomic mass is 35.5. The molecular weight excluding hydrogens is 270 g/mol. The summed E-state index contributed by atoms with van der Waals surface area (Å²) in [5.41, 5.74) is 3.18. The van der Waals surface area contributed by atoms with Crippen LogP contribution < -0.4 is 4.74 Å². The monoisotopic (exact) mass is 289 g/mol. The Morgan fingerprint density at radius 2 is 1.85 bits per heavy atom. The molecule has 0 amide bonds. The van der Waals surface area contributed by atoms with Crippen LogP contribution in [0.15, 0.2) is 42.5 Å². The fourth-order valence-corrected chi connectivity index (χ4v) is 2.27. The Balaban J connectivity index is 1.73. The molecule has 0 atom stereocenters. The summed E-state index contributed by atoms with van der Waals surface area (Å²) >= 11 is 5.88. The number of ether oxygens (including phenoxy) is 1. The molecule has 0 aliphatic heterocycles. The number of alkyl halides is 1. The molecule has 1 aromatic carbocycles. The van der Waals surface area contributed by atoms with E-state index in [1.807, 2.05) is 25.1 Å². The average Bonchev–Trinajstić information content (AvgIpc) is 2.49. The molecule has 2 rings (SSSR count).